The number of hydrogen-bond acceptors (Lipinski definition) is 4. The van der Waals surface area contributed by atoms with Crippen LogP contribution in [-0.4, -0.2) is 17.9 Å². The monoisotopic (exact) mass is 358 g/mol. The summed E-state index contributed by atoms with van der Waals surface area (Å²) in [6.07, 6.45) is 2.49. The minimum absolute atomic E-state index is 0.126. The van der Waals surface area contributed by atoms with Crippen molar-refractivity contribution < 1.29 is 14.3 Å². The molecule has 2 heterocycles. The highest BCUT2D eigenvalue weighted by Crippen LogP contribution is 2.32. The molecule has 1 aromatic heterocycles. The third-order valence-corrected chi connectivity index (χ3v) is 5.38. The Morgan fingerprint density at radius 3 is 2.84 bits per heavy atom. The first kappa shape index (κ1) is 17.5. The fourth-order valence-corrected chi connectivity index (χ4v) is 4.05. The lowest BCUT2D eigenvalue weighted by molar-refractivity contribution is -0.122. The van der Waals surface area contributed by atoms with Crippen LogP contribution in [-0.2, 0) is 17.6 Å². The van der Waals surface area contributed by atoms with Gasteiger partial charge in [-0.1, -0.05) is 20.3 Å². The van der Waals surface area contributed by atoms with E-state index in [-0.39, 0.29) is 11.8 Å². The normalized spacial score (nSPS) is 16.0. The van der Waals surface area contributed by atoms with Gasteiger partial charge in [-0.3, -0.25) is 9.59 Å². The maximum atomic E-state index is 12.6. The third-order valence-electron chi connectivity index (χ3n) is 4.15. The number of thiophene rings is 1. The van der Waals surface area contributed by atoms with E-state index in [2.05, 4.69) is 24.5 Å². The van der Waals surface area contributed by atoms with Crippen LogP contribution < -0.4 is 15.4 Å². The Balaban J connectivity index is 1.77. The van der Waals surface area contributed by atoms with E-state index in [1.807, 2.05) is 6.07 Å². The van der Waals surface area contributed by atoms with Crippen LogP contribution in [0.1, 0.15) is 47.3 Å². The standard InChI is InChI=1S/C19H22N2O3S/c1-4-6-16-12(5-2)9-17(25-16)19(23)20-13-7-8-15-14(10-13)21-18(22)11(3)24-15/h7-11H,4-6H2,1-3H3,(H,20,23)(H,21,22)/t11-/m1/s1. The number of aryl methyl sites for hydroxylation is 2. The van der Waals surface area contributed by atoms with E-state index in [0.717, 1.165) is 19.3 Å². The average molecular weight is 358 g/mol. The fourth-order valence-electron chi connectivity index (χ4n) is 2.80. The fraction of sp³-hybridized carbons (Fsp3) is 0.368. The zero-order valence-electron chi connectivity index (χ0n) is 14.6. The Morgan fingerprint density at radius 1 is 1.32 bits per heavy atom. The number of amides is 2. The van der Waals surface area contributed by atoms with Gasteiger partial charge in [-0.05, 0) is 49.6 Å². The Labute approximate surface area is 151 Å². The lowest BCUT2D eigenvalue weighted by Crippen LogP contribution is -2.34. The number of carbonyl (C=O) groups is 2. The van der Waals surface area contributed by atoms with Gasteiger partial charge < -0.3 is 15.4 Å². The average Bonchev–Trinajstić information content (AvgIpc) is 3.00. The highest BCUT2D eigenvalue weighted by molar-refractivity contribution is 7.14. The van der Waals surface area contributed by atoms with Crippen LogP contribution in [0.2, 0.25) is 0 Å². The molecule has 5 nitrogen and oxygen atoms in total. The summed E-state index contributed by atoms with van der Waals surface area (Å²) in [6.45, 7) is 5.95. The molecule has 1 aliphatic heterocycles. The van der Waals surface area contributed by atoms with E-state index in [1.54, 1.807) is 36.5 Å². The Morgan fingerprint density at radius 2 is 2.12 bits per heavy atom. The van der Waals surface area contributed by atoms with E-state index >= 15 is 0 Å². The Bertz CT molecular complexity index is 813. The molecule has 0 aliphatic carbocycles. The largest absolute Gasteiger partial charge is 0.479 e. The maximum absolute atomic E-state index is 12.6. The van der Waals surface area contributed by atoms with Gasteiger partial charge in [0.1, 0.15) is 5.75 Å². The molecule has 0 saturated heterocycles. The van der Waals surface area contributed by atoms with Gasteiger partial charge in [0, 0.05) is 10.6 Å². The van der Waals surface area contributed by atoms with E-state index in [9.17, 15) is 9.59 Å². The summed E-state index contributed by atoms with van der Waals surface area (Å²) in [5.74, 6) is 0.296. The lowest BCUT2D eigenvalue weighted by Gasteiger charge is -2.23. The smallest absolute Gasteiger partial charge is 0.265 e. The highest BCUT2D eigenvalue weighted by atomic mass is 32.1. The summed E-state index contributed by atoms with van der Waals surface area (Å²) < 4.78 is 5.53. The van der Waals surface area contributed by atoms with Crippen LogP contribution >= 0.6 is 11.3 Å². The summed E-state index contributed by atoms with van der Waals surface area (Å²) in [6, 6.07) is 7.24. The molecule has 0 radical (unpaired) electrons. The zero-order chi connectivity index (χ0) is 18.0. The molecular weight excluding hydrogens is 336 g/mol. The molecule has 2 aromatic rings. The number of hydrogen-bond donors (Lipinski definition) is 2. The SMILES string of the molecule is CCCc1sc(C(=O)Nc2ccc3c(c2)NC(=O)[C@@H](C)O3)cc1CC. The van der Waals surface area contributed by atoms with Gasteiger partial charge in [-0.15, -0.1) is 11.3 Å². The van der Waals surface area contributed by atoms with E-state index in [1.165, 1.54) is 10.4 Å². The van der Waals surface area contributed by atoms with Crippen molar-refractivity contribution in [1.29, 1.82) is 0 Å². The molecule has 1 atom stereocenters. The van der Waals surface area contributed by atoms with Crippen LogP contribution in [0.4, 0.5) is 11.4 Å². The first-order valence-corrected chi connectivity index (χ1v) is 9.38. The molecule has 6 heteroatoms. The summed E-state index contributed by atoms with van der Waals surface area (Å²) in [5, 5.41) is 5.70. The van der Waals surface area contributed by atoms with Gasteiger partial charge in [-0.25, -0.2) is 0 Å². The number of rotatable bonds is 5. The second kappa shape index (κ2) is 7.27. The molecule has 2 N–H and O–H groups in total. The molecule has 0 spiro atoms. The number of benzene rings is 1. The topological polar surface area (TPSA) is 67.4 Å². The zero-order valence-corrected chi connectivity index (χ0v) is 15.5. The maximum Gasteiger partial charge on any atom is 0.265 e. The number of fused-ring (bicyclic) bond motifs is 1. The second-order valence-electron chi connectivity index (χ2n) is 6.08. The predicted molar refractivity (Wildman–Crippen MR) is 101 cm³/mol. The lowest BCUT2D eigenvalue weighted by atomic mass is 10.1. The van der Waals surface area contributed by atoms with Crippen molar-refractivity contribution >= 4 is 34.5 Å². The molecular formula is C19H22N2O3S. The van der Waals surface area contributed by atoms with Crippen LogP contribution in [0.5, 0.6) is 5.75 Å². The minimum atomic E-state index is -0.511. The predicted octanol–water partition coefficient (Wildman–Crippen LogP) is 4.23. The van der Waals surface area contributed by atoms with Crippen molar-refractivity contribution in [2.24, 2.45) is 0 Å². The molecule has 25 heavy (non-hydrogen) atoms. The highest BCUT2D eigenvalue weighted by Gasteiger charge is 2.24. The van der Waals surface area contributed by atoms with Crippen molar-refractivity contribution in [3.05, 3.63) is 39.6 Å². The van der Waals surface area contributed by atoms with Crippen molar-refractivity contribution in [1.82, 2.24) is 0 Å². The number of carbonyl (C=O) groups excluding carboxylic acids is 2. The van der Waals surface area contributed by atoms with Crippen molar-refractivity contribution in [2.45, 2.75) is 46.1 Å². The molecule has 132 valence electrons. The van der Waals surface area contributed by atoms with E-state index in [0.29, 0.717) is 22.0 Å². The molecule has 3 rings (SSSR count). The first-order valence-electron chi connectivity index (χ1n) is 8.56. The number of ether oxygens (including phenoxy) is 1. The van der Waals surface area contributed by atoms with Gasteiger partial charge >= 0.3 is 0 Å². The molecule has 1 aromatic carbocycles. The molecule has 2 amide bonds. The van der Waals surface area contributed by atoms with Crippen LogP contribution in [0, 0.1) is 0 Å². The van der Waals surface area contributed by atoms with E-state index in [4.69, 9.17) is 4.74 Å². The Kier molecular flexibility index (Phi) is 5.08. The summed E-state index contributed by atoms with van der Waals surface area (Å²) in [4.78, 5) is 26.3. The summed E-state index contributed by atoms with van der Waals surface area (Å²) >= 11 is 1.56. The molecule has 0 unspecified atom stereocenters. The number of anilines is 2. The van der Waals surface area contributed by atoms with Crippen molar-refractivity contribution in [3.63, 3.8) is 0 Å². The first-order chi connectivity index (χ1) is 12.0. The van der Waals surface area contributed by atoms with Crippen LogP contribution in [0.15, 0.2) is 24.3 Å². The quantitative estimate of drug-likeness (QED) is 0.840. The van der Waals surface area contributed by atoms with E-state index < -0.39 is 6.10 Å². The second-order valence-corrected chi connectivity index (χ2v) is 7.21. The molecule has 0 saturated carbocycles. The summed E-state index contributed by atoms with van der Waals surface area (Å²) in [7, 11) is 0. The van der Waals surface area contributed by atoms with Crippen LogP contribution in [0.3, 0.4) is 0 Å². The molecule has 0 bridgehead atoms. The minimum Gasteiger partial charge on any atom is -0.479 e. The number of nitrogens with one attached hydrogen (secondary N) is 2. The molecule has 0 fully saturated rings. The van der Waals surface area contributed by atoms with Gasteiger partial charge in [-0.2, -0.15) is 0 Å². The van der Waals surface area contributed by atoms with Crippen LogP contribution in [0.25, 0.3) is 0 Å². The van der Waals surface area contributed by atoms with Gasteiger partial charge in [0.25, 0.3) is 11.8 Å². The summed E-state index contributed by atoms with van der Waals surface area (Å²) in [5.41, 5.74) is 2.45. The Hall–Kier alpha value is -2.34. The third kappa shape index (κ3) is 3.69. The van der Waals surface area contributed by atoms with Gasteiger partial charge in [0.05, 0.1) is 10.6 Å². The van der Waals surface area contributed by atoms with Gasteiger partial charge in [0.2, 0.25) is 0 Å². The van der Waals surface area contributed by atoms with Crippen molar-refractivity contribution in [2.75, 3.05) is 10.6 Å². The molecule has 1 aliphatic rings. The van der Waals surface area contributed by atoms with Gasteiger partial charge in [0.15, 0.2) is 6.10 Å². The van der Waals surface area contributed by atoms with Crippen molar-refractivity contribution in [3.8, 4) is 5.75 Å².